The third-order valence-corrected chi connectivity index (χ3v) is 2.84. The molecule has 0 aromatic heterocycles. The number of thiocarbonyl (C=S) groups is 1. The van der Waals surface area contributed by atoms with E-state index in [-0.39, 0.29) is 4.86 Å². The van der Waals surface area contributed by atoms with Gasteiger partial charge in [0, 0.05) is 11.3 Å². The molecular formula is C12H16O4S. The zero-order chi connectivity index (χ0) is 12.8. The zero-order valence-corrected chi connectivity index (χ0v) is 10.0. The Kier molecular flexibility index (Phi) is 5.67. The molecule has 1 rings (SSSR count). The molecule has 1 aromatic carbocycles. The number of hydrogen-bond acceptors (Lipinski definition) is 5. The van der Waals surface area contributed by atoms with E-state index in [0.717, 1.165) is 5.56 Å². The quantitative estimate of drug-likeness (QED) is 0.524. The molecule has 0 saturated heterocycles. The summed E-state index contributed by atoms with van der Waals surface area (Å²) in [6, 6.07) is 9.28. The summed E-state index contributed by atoms with van der Waals surface area (Å²) < 4.78 is 0. The van der Waals surface area contributed by atoms with E-state index in [9.17, 15) is 15.3 Å². The van der Waals surface area contributed by atoms with Crippen LogP contribution in [0.2, 0.25) is 0 Å². The average molecular weight is 256 g/mol. The third-order valence-electron chi connectivity index (χ3n) is 2.46. The summed E-state index contributed by atoms with van der Waals surface area (Å²) in [7, 11) is 0. The maximum absolute atomic E-state index is 9.69. The van der Waals surface area contributed by atoms with Gasteiger partial charge in [0.25, 0.3) is 0 Å². The van der Waals surface area contributed by atoms with Gasteiger partial charge in [0.1, 0.15) is 18.3 Å². The summed E-state index contributed by atoms with van der Waals surface area (Å²) in [5, 5.41) is 37.0. The molecule has 5 heteroatoms. The SMILES string of the molecule is OC[C@@H](O)[C@@H](O)[C@@H](O)C(=S)Cc1ccccc1. The monoisotopic (exact) mass is 256 g/mol. The van der Waals surface area contributed by atoms with Crippen molar-refractivity contribution >= 4 is 17.1 Å². The Balaban J connectivity index is 2.59. The van der Waals surface area contributed by atoms with E-state index in [1.807, 2.05) is 30.3 Å². The molecule has 0 spiro atoms. The minimum atomic E-state index is -1.46. The molecule has 3 atom stereocenters. The molecule has 0 aliphatic heterocycles. The molecule has 0 bridgehead atoms. The molecule has 1 aromatic rings. The van der Waals surface area contributed by atoms with Gasteiger partial charge in [-0.3, -0.25) is 0 Å². The molecule has 17 heavy (non-hydrogen) atoms. The van der Waals surface area contributed by atoms with Crippen molar-refractivity contribution in [2.75, 3.05) is 6.61 Å². The highest BCUT2D eigenvalue weighted by Gasteiger charge is 2.27. The first-order valence-corrected chi connectivity index (χ1v) is 5.68. The summed E-state index contributed by atoms with van der Waals surface area (Å²) in [5.41, 5.74) is 0.919. The predicted molar refractivity (Wildman–Crippen MR) is 67.9 cm³/mol. The van der Waals surface area contributed by atoms with Crippen LogP contribution < -0.4 is 0 Å². The van der Waals surface area contributed by atoms with Crippen LogP contribution in [0.25, 0.3) is 0 Å². The molecule has 0 saturated carbocycles. The van der Waals surface area contributed by atoms with Crippen molar-refractivity contribution in [3.8, 4) is 0 Å². The van der Waals surface area contributed by atoms with Crippen LogP contribution in [-0.4, -0.2) is 50.2 Å². The first-order chi connectivity index (χ1) is 8.06. The molecule has 0 aliphatic rings. The number of aliphatic hydroxyl groups is 4. The van der Waals surface area contributed by atoms with E-state index in [1.54, 1.807) is 0 Å². The molecule has 4 N–H and O–H groups in total. The van der Waals surface area contributed by atoms with E-state index in [4.69, 9.17) is 17.3 Å². The van der Waals surface area contributed by atoms with Crippen LogP contribution in [-0.2, 0) is 6.42 Å². The van der Waals surface area contributed by atoms with Crippen molar-refractivity contribution in [2.24, 2.45) is 0 Å². The summed E-state index contributed by atoms with van der Waals surface area (Å²) in [5.74, 6) is 0. The molecule has 4 nitrogen and oxygen atoms in total. The highest BCUT2D eigenvalue weighted by molar-refractivity contribution is 7.80. The van der Waals surface area contributed by atoms with E-state index in [2.05, 4.69) is 0 Å². The zero-order valence-electron chi connectivity index (χ0n) is 9.23. The van der Waals surface area contributed by atoms with Gasteiger partial charge >= 0.3 is 0 Å². The van der Waals surface area contributed by atoms with E-state index in [0.29, 0.717) is 6.42 Å². The van der Waals surface area contributed by atoms with Gasteiger partial charge in [0.05, 0.1) is 6.61 Å². The predicted octanol–water partition coefficient (Wildman–Crippen LogP) is -0.326. The summed E-state index contributed by atoms with van der Waals surface area (Å²) in [4.78, 5) is 0.233. The van der Waals surface area contributed by atoms with Gasteiger partial charge in [-0.1, -0.05) is 42.5 Å². The van der Waals surface area contributed by atoms with Crippen LogP contribution in [0.3, 0.4) is 0 Å². The fourth-order valence-corrected chi connectivity index (χ4v) is 1.72. The smallest absolute Gasteiger partial charge is 0.114 e. The van der Waals surface area contributed by atoms with Crippen LogP contribution in [0.15, 0.2) is 30.3 Å². The average Bonchev–Trinajstić information content (AvgIpc) is 2.37. The first kappa shape index (κ1) is 14.2. The Morgan fingerprint density at radius 1 is 1.12 bits per heavy atom. The largest absolute Gasteiger partial charge is 0.394 e. The van der Waals surface area contributed by atoms with Crippen LogP contribution in [0.1, 0.15) is 5.56 Å². The van der Waals surface area contributed by atoms with Crippen LogP contribution in [0.4, 0.5) is 0 Å². The lowest BCUT2D eigenvalue weighted by Crippen LogP contribution is -2.43. The minimum Gasteiger partial charge on any atom is -0.394 e. The maximum atomic E-state index is 9.69. The van der Waals surface area contributed by atoms with Crippen LogP contribution in [0.5, 0.6) is 0 Å². The van der Waals surface area contributed by atoms with Gasteiger partial charge in [-0.2, -0.15) is 0 Å². The Hall–Kier alpha value is -0.850. The Morgan fingerprint density at radius 2 is 1.71 bits per heavy atom. The second-order valence-corrected chi connectivity index (χ2v) is 4.34. The topological polar surface area (TPSA) is 80.9 Å². The van der Waals surface area contributed by atoms with Gasteiger partial charge in [-0.05, 0) is 5.56 Å². The van der Waals surface area contributed by atoms with Crippen molar-refractivity contribution in [1.29, 1.82) is 0 Å². The standard InChI is InChI=1S/C12H16O4S/c13-7-9(14)11(15)12(16)10(17)6-8-4-2-1-3-5-8/h1-5,9,11-16H,6-7H2/t9-,11-,12+/m1/s1. The van der Waals surface area contributed by atoms with Gasteiger partial charge < -0.3 is 20.4 Å². The normalized spacial score (nSPS) is 16.2. The molecule has 0 heterocycles. The van der Waals surface area contributed by atoms with Crippen molar-refractivity contribution in [3.05, 3.63) is 35.9 Å². The number of aliphatic hydroxyl groups excluding tert-OH is 4. The third kappa shape index (κ3) is 4.14. The molecule has 94 valence electrons. The number of hydrogen-bond donors (Lipinski definition) is 4. The van der Waals surface area contributed by atoms with E-state index < -0.39 is 24.9 Å². The first-order valence-electron chi connectivity index (χ1n) is 5.28. The van der Waals surface area contributed by atoms with Gasteiger partial charge in [0.2, 0.25) is 0 Å². The van der Waals surface area contributed by atoms with E-state index >= 15 is 0 Å². The second-order valence-electron chi connectivity index (χ2n) is 3.81. The Morgan fingerprint density at radius 3 is 2.24 bits per heavy atom. The summed E-state index contributed by atoms with van der Waals surface area (Å²) >= 11 is 5.00. The second kappa shape index (κ2) is 6.78. The maximum Gasteiger partial charge on any atom is 0.114 e. The highest BCUT2D eigenvalue weighted by atomic mass is 32.1. The van der Waals surface area contributed by atoms with E-state index in [1.165, 1.54) is 0 Å². The molecular weight excluding hydrogens is 240 g/mol. The van der Waals surface area contributed by atoms with Crippen LogP contribution >= 0.6 is 12.2 Å². The highest BCUT2D eigenvalue weighted by Crippen LogP contribution is 2.08. The van der Waals surface area contributed by atoms with Crippen LogP contribution in [0, 0.1) is 0 Å². The number of rotatable bonds is 6. The Bertz CT molecular complexity index is 355. The van der Waals surface area contributed by atoms with Crippen molar-refractivity contribution < 1.29 is 20.4 Å². The fourth-order valence-electron chi connectivity index (χ4n) is 1.41. The van der Waals surface area contributed by atoms with Gasteiger partial charge in [0.15, 0.2) is 0 Å². The summed E-state index contributed by atoms with van der Waals surface area (Å²) in [6.07, 6.45) is -3.84. The molecule has 0 aliphatic carbocycles. The summed E-state index contributed by atoms with van der Waals surface area (Å²) in [6.45, 7) is -0.619. The van der Waals surface area contributed by atoms with Crippen molar-refractivity contribution in [2.45, 2.75) is 24.7 Å². The molecule has 0 radical (unpaired) electrons. The Labute approximate surface area is 105 Å². The molecule has 0 fully saturated rings. The van der Waals surface area contributed by atoms with Crippen molar-refractivity contribution in [1.82, 2.24) is 0 Å². The lowest BCUT2D eigenvalue weighted by Gasteiger charge is -2.22. The fraction of sp³-hybridized carbons (Fsp3) is 0.417. The molecule has 0 unspecified atom stereocenters. The van der Waals surface area contributed by atoms with Crippen molar-refractivity contribution in [3.63, 3.8) is 0 Å². The van der Waals surface area contributed by atoms with Gasteiger partial charge in [-0.15, -0.1) is 0 Å². The van der Waals surface area contributed by atoms with Gasteiger partial charge in [-0.25, -0.2) is 0 Å². The lowest BCUT2D eigenvalue weighted by atomic mass is 10.0. The molecule has 0 amide bonds. The number of benzene rings is 1. The lowest BCUT2D eigenvalue weighted by molar-refractivity contribution is -0.0551. The minimum absolute atomic E-state index is 0.233.